The second-order valence-corrected chi connectivity index (χ2v) is 7.92. The Kier molecular flexibility index (Phi) is 6.93. The van der Waals surface area contributed by atoms with Crippen molar-refractivity contribution in [1.82, 2.24) is 9.97 Å². The summed E-state index contributed by atoms with van der Waals surface area (Å²) in [5.74, 6) is 0.0777. The molecule has 0 atom stereocenters. The van der Waals surface area contributed by atoms with Gasteiger partial charge in [-0.25, -0.2) is 9.97 Å². The van der Waals surface area contributed by atoms with Crippen LogP contribution in [0.4, 0.5) is 18.9 Å². The van der Waals surface area contributed by atoms with Crippen LogP contribution in [0.5, 0.6) is 0 Å². The summed E-state index contributed by atoms with van der Waals surface area (Å²) in [5, 5.41) is 3.39. The first-order valence-electron chi connectivity index (χ1n) is 10.8. The van der Waals surface area contributed by atoms with Gasteiger partial charge < -0.3 is 10.1 Å². The van der Waals surface area contributed by atoms with E-state index < -0.39 is 17.6 Å². The third kappa shape index (κ3) is 5.73. The number of rotatable bonds is 6. The highest BCUT2D eigenvalue weighted by Gasteiger charge is 2.30. The monoisotopic (exact) mass is 477 g/mol. The normalized spacial score (nSPS) is 11.8. The van der Waals surface area contributed by atoms with Gasteiger partial charge in [0.1, 0.15) is 0 Å². The zero-order valence-corrected chi connectivity index (χ0v) is 19.1. The molecular weight excluding hydrogens is 455 g/mol. The summed E-state index contributed by atoms with van der Waals surface area (Å²) in [6, 6.07) is 15.5. The minimum atomic E-state index is -4.49. The maximum atomic E-state index is 13.0. The summed E-state index contributed by atoms with van der Waals surface area (Å²) in [4.78, 5) is 21.7. The van der Waals surface area contributed by atoms with Crippen molar-refractivity contribution in [2.75, 3.05) is 19.0 Å². The minimum absolute atomic E-state index is 0.0742. The van der Waals surface area contributed by atoms with E-state index in [2.05, 4.69) is 15.3 Å². The van der Waals surface area contributed by atoms with Gasteiger partial charge in [0.25, 0.3) is 5.91 Å². The van der Waals surface area contributed by atoms with E-state index in [0.717, 1.165) is 39.7 Å². The fraction of sp³-hybridized carbons (Fsp3) is 0.148. The number of carbonyl (C=O) groups excluding carboxylic acids is 1. The quantitative estimate of drug-likeness (QED) is 0.343. The highest BCUT2D eigenvalue weighted by Crippen LogP contribution is 2.31. The van der Waals surface area contributed by atoms with Gasteiger partial charge in [0, 0.05) is 29.9 Å². The van der Waals surface area contributed by atoms with Gasteiger partial charge in [-0.2, -0.15) is 13.2 Å². The topological polar surface area (TPSA) is 64.1 Å². The number of amides is 1. The molecule has 4 aromatic rings. The van der Waals surface area contributed by atoms with E-state index in [-0.39, 0.29) is 5.69 Å². The fourth-order valence-electron chi connectivity index (χ4n) is 3.60. The molecule has 0 unspecified atom stereocenters. The van der Waals surface area contributed by atoms with Crippen molar-refractivity contribution in [1.29, 1.82) is 0 Å². The molecule has 0 bridgehead atoms. The van der Waals surface area contributed by atoms with Crippen molar-refractivity contribution in [3.05, 3.63) is 95.5 Å². The number of hydrogen-bond acceptors (Lipinski definition) is 4. The molecule has 4 rings (SSSR count). The molecule has 1 N–H and O–H groups in total. The Morgan fingerprint density at radius 3 is 2.69 bits per heavy atom. The molecule has 0 saturated heterocycles. The molecule has 0 spiro atoms. The van der Waals surface area contributed by atoms with Crippen LogP contribution in [0.3, 0.4) is 0 Å². The third-order valence-corrected chi connectivity index (χ3v) is 5.39. The van der Waals surface area contributed by atoms with Gasteiger partial charge in [-0.05, 0) is 72.2 Å². The molecule has 0 saturated carbocycles. The van der Waals surface area contributed by atoms with Crippen molar-refractivity contribution < 1.29 is 22.7 Å². The number of alkyl halides is 3. The first-order chi connectivity index (χ1) is 16.7. The number of ether oxygens (including phenoxy) is 1. The molecule has 1 amide bonds. The summed E-state index contributed by atoms with van der Waals surface area (Å²) in [6.07, 6.45) is 0.860. The summed E-state index contributed by atoms with van der Waals surface area (Å²) in [5.41, 5.74) is 3.00. The summed E-state index contributed by atoms with van der Waals surface area (Å²) >= 11 is 0. The molecule has 3 aromatic carbocycles. The molecular formula is C27H22F3N3O2. The van der Waals surface area contributed by atoms with Gasteiger partial charge >= 0.3 is 6.18 Å². The average Bonchev–Trinajstić information content (AvgIpc) is 2.84. The van der Waals surface area contributed by atoms with Crippen molar-refractivity contribution in [2.24, 2.45) is 0 Å². The molecule has 1 aromatic heterocycles. The van der Waals surface area contributed by atoms with E-state index in [0.29, 0.717) is 18.0 Å². The number of fused-ring (bicyclic) bond motifs is 1. The first-order valence-corrected chi connectivity index (χ1v) is 10.8. The van der Waals surface area contributed by atoms with E-state index in [1.54, 1.807) is 37.6 Å². The van der Waals surface area contributed by atoms with Crippen molar-refractivity contribution >= 4 is 28.6 Å². The number of aryl methyl sites for hydroxylation is 1. The lowest BCUT2D eigenvalue weighted by atomic mass is 9.97. The Morgan fingerprint density at radius 2 is 1.91 bits per heavy atom. The number of nitrogens with zero attached hydrogens (tertiary/aromatic N) is 2. The van der Waals surface area contributed by atoms with E-state index in [4.69, 9.17) is 4.74 Å². The van der Waals surface area contributed by atoms with E-state index in [1.807, 2.05) is 31.2 Å². The number of hydrogen-bond donors (Lipinski definition) is 1. The average molecular weight is 477 g/mol. The summed E-state index contributed by atoms with van der Waals surface area (Å²) < 4.78 is 43.9. The van der Waals surface area contributed by atoms with Gasteiger partial charge in [0.05, 0.1) is 17.7 Å². The van der Waals surface area contributed by atoms with Crippen molar-refractivity contribution in [3.8, 4) is 11.1 Å². The minimum Gasteiger partial charge on any atom is -0.381 e. The molecule has 1 heterocycles. The maximum absolute atomic E-state index is 13.0. The van der Waals surface area contributed by atoms with Crippen LogP contribution < -0.4 is 5.32 Å². The van der Waals surface area contributed by atoms with Gasteiger partial charge in [0.2, 0.25) is 0 Å². The zero-order chi connectivity index (χ0) is 25.0. The molecule has 0 aliphatic heterocycles. The van der Waals surface area contributed by atoms with Crippen molar-refractivity contribution in [3.63, 3.8) is 0 Å². The number of anilines is 1. The lowest BCUT2D eigenvalue weighted by Crippen LogP contribution is -2.13. The first kappa shape index (κ1) is 24.1. The largest absolute Gasteiger partial charge is 0.416 e. The predicted octanol–water partition coefficient (Wildman–Crippen LogP) is 6.54. The highest BCUT2D eigenvalue weighted by molar-refractivity contribution is 6.05. The molecule has 0 radical (unpaired) electrons. The lowest BCUT2D eigenvalue weighted by Gasteiger charge is -2.12. The van der Waals surface area contributed by atoms with Crippen LogP contribution >= 0.6 is 0 Å². The Morgan fingerprint density at radius 1 is 1.09 bits per heavy atom. The molecule has 0 aliphatic carbocycles. The lowest BCUT2D eigenvalue weighted by molar-refractivity contribution is -0.137. The Bertz CT molecular complexity index is 1410. The highest BCUT2D eigenvalue weighted by atomic mass is 19.4. The van der Waals surface area contributed by atoms with E-state index in [9.17, 15) is 18.0 Å². The number of aromatic nitrogens is 2. The molecule has 8 heteroatoms. The summed E-state index contributed by atoms with van der Waals surface area (Å²) in [6.45, 7) is 2.39. The number of methoxy groups -OCH3 is 1. The number of carbonyl (C=O) groups is 1. The standard InChI is InChI=1S/C27H22F3N3O2/c1-17-8-9-19(26(34)32-22-6-3-5-21(15-22)27(28,29)30)14-23(17)18-10-11-24-20(13-18)16-31-25(33-24)7-4-12-35-2/h3-11,13-16H,12H2,1-2H3,(H,32,34)/b7-4+. The van der Waals surface area contributed by atoms with E-state index in [1.165, 1.54) is 12.1 Å². The van der Waals surface area contributed by atoms with Crippen molar-refractivity contribution in [2.45, 2.75) is 13.1 Å². The van der Waals surface area contributed by atoms with Gasteiger partial charge in [-0.3, -0.25) is 4.79 Å². The number of benzene rings is 3. The summed E-state index contributed by atoms with van der Waals surface area (Å²) in [7, 11) is 1.61. The van der Waals surface area contributed by atoms with Crippen LogP contribution in [0.25, 0.3) is 28.1 Å². The van der Waals surface area contributed by atoms with Gasteiger partial charge in [-0.1, -0.05) is 24.3 Å². The second-order valence-electron chi connectivity index (χ2n) is 7.92. The Hall–Kier alpha value is -4.04. The van der Waals surface area contributed by atoms with Gasteiger partial charge in [-0.15, -0.1) is 0 Å². The SMILES string of the molecule is COC/C=C/c1ncc2cc(-c3cc(C(=O)Nc4cccc(C(F)(F)F)c4)ccc3C)ccc2n1. The number of nitrogens with one attached hydrogen (secondary N) is 1. The van der Waals surface area contributed by atoms with Crippen LogP contribution in [0, 0.1) is 6.92 Å². The van der Waals surface area contributed by atoms with Gasteiger partial charge in [0.15, 0.2) is 5.82 Å². The fourth-order valence-corrected chi connectivity index (χ4v) is 3.60. The Balaban J connectivity index is 1.60. The second kappa shape index (κ2) is 10.1. The molecule has 178 valence electrons. The van der Waals surface area contributed by atoms with Crippen LogP contribution in [0.2, 0.25) is 0 Å². The van der Waals surface area contributed by atoms with Crippen LogP contribution in [0.1, 0.15) is 27.3 Å². The zero-order valence-electron chi connectivity index (χ0n) is 19.1. The van der Waals surface area contributed by atoms with Crippen LogP contribution in [-0.4, -0.2) is 29.6 Å². The van der Waals surface area contributed by atoms with E-state index >= 15 is 0 Å². The number of halogens is 3. The molecule has 35 heavy (non-hydrogen) atoms. The van der Waals surface area contributed by atoms with Crippen LogP contribution in [-0.2, 0) is 10.9 Å². The van der Waals surface area contributed by atoms with Crippen LogP contribution in [0.15, 0.2) is 72.9 Å². The Labute approximate surface area is 200 Å². The predicted molar refractivity (Wildman–Crippen MR) is 130 cm³/mol. The molecule has 0 aliphatic rings. The molecule has 0 fully saturated rings. The molecule has 5 nitrogen and oxygen atoms in total. The third-order valence-electron chi connectivity index (χ3n) is 5.39. The smallest absolute Gasteiger partial charge is 0.381 e. The maximum Gasteiger partial charge on any atom is 0.416 e.